The molecule has 4 aromatic rings. The fourth-order valence-electron chi connectivity index (χ4n) is 3.73. The van der Waals surface area contributed by atoms with Crippen LogP contribution < -0.4 is 4.74 Å². The van der Waals surface area contributed by atoms with Gasteiger partial charge in [0.05, 0.1) is 11.2 Å². The Morgan fingerprint density at radius 3 is 2.35 bits per heavy atom. The van der Waals surface area contributed by atoms with Crippen molar-refractivity contribution >= 4 is 17.0 Å². The van der Waals surface area contributed by atoms with E-state index in [9.17, 15) is 8.78 Å². The van der Waals surface area contributed by atoms with Gasteiger partial charge in [0.15, 0.2) is 5.82 Å². The molecular formula is C24H23F2N5O3. The van der Waals surface area contributed by atoms with Gasteiger partial charge in [0.25, 0.3) is 5.97 Å². The SMILES string of the molecule is CC(=O)O.Fc1cc(F)c2nc(-c3ccc(-c4cnc(OC5CCCCC5)nc4)nc3)[nH]c2c1. The molecule has 1 aliphatic rings. The van der Waals surface area contributed by atoms with Crippen LogP contribution in [0.25, 0.3) is 33.7 Å². The average Bonchev–Trinajstić information content (AvgIpc) is 3.25. The molecule has 176 valence electrons. The Morgan fingerprint density at radius 2 is 1.71 bits per heavy atom. The number of hydrogen-bond acceptors (Lipinski definition) is 6. The molecule has 0 amide bonds. The van der Waals surface area contributed by atoms with Gasteiger partial charge in [-0.2, -0.15) is 0 Å². The maximum Gasteiger partial charge on any atom is 0.316 e. The number of rotatable bonds is 4. The van der Waals surface area contributed by atoms with E-state index in [2.05, 4.69) is 24.9 Å². The minimum atomic E-state index is -0.833. The zero-order valence-corrected chi connectivity index (χ0v) is 18.5. The fraction of sp³-hybridized carbons (Fsp3) is 0.292. The molecular weight excluding hydrogens is 444 g/mol. The zero-order valence-electron chi connectivity index (χ0n) is 18.5. The number of H-pyrrole nitrogens is 1. The van der Waals surface area contributed by atoms with Gasteiger partial charge in [0, 0.05) is 42.7 Å². The van der Waals surface area contributed by atoms with Gasteiger partial charge < -0.3 is 14.8 Å². The third-order valence-electron chi connectivity index (χ3n) is 5.29. The van der Waals surface area contributed by atoms with Gasteiger partial charge in [-0.15, -0.1) is 0 Å². The van der Waals surface area contributed by atoms with Crippen LogP contribution in [0.15, 0.2) is 42.9 Å². The van der Waals surface area contributed by atoms with Crippen molar-refractivity contribution < 1.29 is 23.4 Å². The fourth-order valence-corrected chi connectivity index (χ4v) is 3.73. The molecule has 1 aromatic carbocycles. The number of ether oxygens (including phenoxy) is 1. The molecule has 0 bridgehead atoms. The number of hydrogen-bond donors (Lipinski definition) is 2. The van der Waals surface area contributed by atoms with Crippen molar-refractivity contribution in [2.24, 2.45) is 0 Å². The van der Waals surface area contributed by atoms with Crippen LogP contribution in [0.5, 0.6) is 6.01 Å². The average molecular weight is 467 g/mol. The Balaban J connectivity index is 0.000000636. The Labute approximate surface area is 194 Å². The number of fused-ring (bicyclic) bond motifs is 1. The summed E-state index contributed by atoms with van der Waals surface area (Å²) in [5, 5.41) is 7.42. The molecule has 34 heavy (non-hydrogen) atoms. The van der Waals surface area contributed by atoms with Crippen LogP contribution in [0, 0.1) is 11.6 Å². The minimum absolute atomic E-state index is 0.0948. The van der Waals surface area contributed by atoms with Crippen molar-refractivity contribution in [2.75, 3.05) is 0 Å². The van der Waals surface area contributed by atoms with E-state index in [1.54, 1.807) is 30.7 Å². The Bertz CT molecular complexity index is 1270. The van der Waals surface area contributed by atoms with E-state index < -0.39 is 17.6 Å². The van der Waals surface area contributed by atoms with Crippen LogP contribution in [-0.2, 0) is 4.79 Å². The second-order valence-electron chi connectivity index (χ2n) is 7.95. The molecule has 1 fully saturated rings. The normalized spacial score (nSPS) is 13.9. The van der Waals surface area contributed by atoms with Gasteiger partial charge in [-0.1, -0.05) is 6.42 Å². The van der Waals surface area contributed by atoms with Crippen molar-refractivity contribution in [2.45, 2.75) is 45.1 Å². The third-order valence-corrected chi connectivity index (χ3v) is 5.29. The zero-order chi connectivity index (χ0) is 24.1. The highest BCUT2D eigenvalue weighted by molar-refractivity contribution is 5.80. The smallest absolute Gasteiger partial charge is 0.316 e. The molecule has 3 aromatic heterocycles. The first-order valence-corrected chi connectivity index (χ1v) is 10.9. The van der Waals surface area contributed by atoms with E-state index in [0.29, 0.717) is 28.6 Å². The predicted octanol–water partition coefficient (Wildman–Crippen LogP) is 5.16. The van der Waals surface area contributed by atoms with Crippen molar-refractivity contribution in [1.82, 2.24) is 24.9 Å². The number of carboxylic acids is 1. The third kappa shape index (κ3) is 5.69. The summed E-state index contributed by atoms with van der Waals surface area (Å²) in [6, 6.07) is 6.03. The number of nitrogens with zero attached hydrogens (tertiary/aromatic N) is 4. The second-order valence-corrected chi connectivity index (χ2v) is 7.95. The highest BCUT2D eigenvalue weighted by atomic mass is 19.1. The molecule has 3 heterocycles. The van der Waals surface area contributed by atoms with E-state index in [1.807, 2.05) is 0 Å². The van der Waals surface area contributed by atoms with Crippen molar-refractivity contribution in [3.63, 3.8) is 0 Å². The van der Waals surface area contributed by atoms with Crippen LogP contribution >= 0.6 is 0 Å². The van der Waals surface area contributed by atoms with Crippen LogP contribution in [0.4, 0.5) is 8.78 Å². The molecule has 0 saturated heterocycles. The molecule has 0 unspecified atom stereocenters. The van der Waals surface area contributed by atoms with E-state index in [0.717, 1.165) is 31.4 Å². The summed E-state index contributed by atoms with van der Waals surface area (Å²) in [6.07, 6.45) is 10.9. The second kappa shape index (κ2) is 10.3. The first-order valence-electron chi connectivity index (χ1n) is 10.9. The Hall–Kier alpha value is -3.95. The maximum atomic E-state index is 13.9. The predicted molar refractivity (Wildman–Crippen MR) is 121 cm³/mol. The van der Waals surface area contributed by atoms with E-state index in [-0.39, 0.29) is 11.6 Å². The lowest BCUT2D eigenvalue weighted by atomic mass is 9.98. The molecule has 0 aliphatic heterocycles. The van der Waals surface area contributed by atoms with Gasteiger partial charge in [0.1, 0.15) is 23.3 Å². The first kappa shape index (κ1) is 23.2. The highest BCUT2D eigenvalue weighted by Crippen LogP contribution is 2.25. The van der Waals surface area contributed by atoms with Crippen molar-refractivity contribution in [1.29, 1.82) is 0 Å². The number of halogens is 2. The lowest BCUT2D eigenvalue weighted by molar-refractivity contribution is -0.134. The maximum absolute atomic E-state index is 13.9. The molecule has 5 rings (SSSR count). The van der Waals surface area contributed by atoms with Gasteiger partial charge in [0.2, 0.25) is 0 Å². The molecule has 8 nitrogen and oxygen atoms in total. The van der Waals surface area contributed by atoms with Crippen molar-refractivity contribution in [3.05, 3.63) is 54.5 Å². The molecule has 10 heteroatoms. The first-order chi connectivity index (χ1) is 16.4. The van der Waals surface area contributed by atoms with Crippen LogP contribution in [-0.4, -0.2) is 42.1 Å². The van der Waals surface area contributed by atoms with Crippen LogP contribution in [0.3, 0.4) is 0 Å². The largest absolute Gasteiger partial charge is 0.481 e. The summed E-state index contributed by atoms with van der Waals surface area (Å²) in [4.78, 5) is 29.2. The summed E-state index contributed by atoms with van der Waals surface area (Å²) in [5.74, 6) is -1.77. The summed E-state index contributed by atoms with van der Waals surface area (Å²) in [6.45, 7) is 1.08. The van der Waals surface area contributed by atoms with Crippen LogP contribution in [0.2, 0.25) is 0 Å². The summed E-state index contributed by atoms with van der Waals surface area (Å²) in [5.41, 5.74) is 2.51. The molecule has 1 aliphatic carbocycles. The monoisotopic (exact) mass is 467 g/mol. The van der Waals surface area contributed by atoms with E-state index >= 15 is 0 Å². The molecule has 0 atom stereocenters. The van der Waals surface area contributed by atoms with E-state index in [1.165, 1.54) is 25.3 Å². The number of nitrogens with one attached hydrogen (secondary N) is 1. The van der Waals surface area contributed by atoms with Crippen molar-refractivity contribution in [3.8, 4) is 28.7 Å². The lowest BCUT2D eigenvalue weighted by Crippen LogP contribution is -2.20. The summed E-state index contributed by atoms with van der Waals surface area (Å²) >= 11 is 0. The van der Waals surface area contributed by atoms with Crippen LogP contribution in [0.1, 0.15) is 39.0 Å². The molecule has 0 spiro atoms. The number of aromatic nitrogens is 5. The highest BCUT2D eigenvalue weighted by Gasteiger charge is 2.16. The molecule has 1 saturated carbocycles. The lowest BCUT2D eigenvalue weighted by Gasteiger charge is -2.21. The number of carbonyl (C=O) groups is 1. The Morgan fingerprint density at radius 1 is 1.03 bits per heavy atom. The van der Waals surface area contributed by atoms with E-state index in [4.69, 9.17) is 14.6 Å². The standard InChI is InChI=1S/C22H19F2N5O.C2H4O2/c23-15-8-17(24)20-19(9-15)28-21(29-20)13-6-7-18(25-10-13)14-11-26-22(27-12-14)30-16-4-2-1-3-5-16;1-2(3)4/h6-12,16H,1-5H2,(H,28,29);1H3,(H,3,4). The number of benzene rings is 1. The van der Waals surface area contributed by atoms with Gasteiger partial charge in [-0.3, -0.25) is 9.78 Å². The summed E-state index contributed by atoms with van der Waals surface area (Å²) < 4.78 is 33.1. The molecule has 0 radical (unpaired) electrons. The number of pyridine rings is 1. The summed E-state index contributed by atoms with van der Waals surface area (Å²) in [7, 11) is 0. The number of aromatic amines is 1. The number of imidazole rings is 1. The van der Waals surface area contributed by atoms with Gasteiger partial charge in [-0.05, 0) is 43.9 Å². The van der Waals surface area contributed by atoms with Gasteiger partial charge >= 0.3 is 6.01 Å². The Kier molecular flexibility index (Phi) is 7.05. The van der Waals surface area contributed by atoms with Gasteiger partial charge in [-0.25, -0.2) is 23.7 Å². The number of carboxylic acid groups (broad SMARTS) is 1. The quantitative estimate of drug-likeness (QED) is 0.426. The molecule has 2 N–H and O–H groups in total. The number of aliphatic carboxylic acids is 1. The minimum Gasteiger partial charge on any atom is -0.481 e. The topological polar surface area (TPSA) is 114 Å².